The third-order valence-electron chi connectivity index (χ3n) is 4.40. The van der Waals surface area contributed by atoms with Gasteiger partial charge in [0, 0.05) is 18.3 Å². The van der Waals surface area contributed by atoms with Crippen LogP contribution in [-0.4, -0.2) is 31.3 Å². The molecule has 0 saturated heterocycles. The lowest BCUT2D eigenvalue weighted by atomic mass is 10.1. The smallest absolute Gasteiger partial charge is 0.254 e. The molecule has 30 heavy (non-hydrogen) atoms. The number of carbonyl (C=O) groups excluding carboxylic acids is 1. The van der Waals surface area contributed by atoms with Crippen LogP contribution in [-0.2, 0) is 23.1 Å². The van der Waals surface area contributed by atoms with E-state index in [4.69, 9.17) is 23.2 Å². The minimum Gasteiger partial charge on any atom is -0.328 e. The summed E-state index contributed by atoms with van der Waals surface area (Å²) in [5.74, 6) is -0.264. The predicted octanol–water partition coefficient (Wildman–Crippen LogP) is 4.14. The Labute approximate surface area is 185 Å². The van der Waals surface area contributed by atoms with Crippen LogP contribution in [0.2, 0.25) is 10.0 Å². The molecule has 0 fully saturated rings. The summed E-state index contributed by atoms with van der Waals surface area (Å²) in [6.45, 7) is 0.555. The Hall–Kier alpha value is -2.45. The molecule has 1 heterocycles. The molecule has 0 aliphatic carbocycles. The molecule has 1 N–H and O–H groups in total. The molecule has 1 amide bonds. The fourth-order valence-electron chi connectivity index (χ4n) is 2.82. The molecule has 0 aliphatic heterocycles. The van der Waals surface area contributed by atoms with E-state index < -0.39 is 10.0 Å². The first kappa shape index (κ1) is 22.2. The Bertz CT molecular complexity index is 1140. The number of hydrogen-bond donors (Lipinski definition) is 1. The summed E-state index contributed by atoms with van der Waals surface area (Å²) in [6, 6.07) is 16.5. The second-order valence-electron chi connectivity index (χ2n) is 6.46. The quantitative estimate of drug-likeness (QED) is 0.570. The molecule has 0 bridgehead atoms. The first-order chi connectivity index (χ1) is 14.3. The second-order valence-corrected chi connectivity index (χ2v) is 9.16. The van der Waals surface area contributed by atoms with Crippen LogP contribution in [0.4, 0.5) is 0 Å². The average molecular weight is 464 g/mol. The van der Waals surface area contributed by atoms with Crippen molar-refractivity contribution in [2.45, 2.75) is 18.0 Å². The molecule has 0 aliphatic rings. The van der Waals surface area contributed by atoms with Crippen LogP contribution in [0, 0.1) is 0 Å². The lowest BCUT2D eigenvalue weighted by molar-refractivity contribution is 0.0727. The number of hydrogen-bond acceptors (Lipinski definition) is 4. The van der Waals surface area contributed by atoms with Crippen LogP contribution in [0.1, 0.15) is 21.6 Å². The van der Waals surface area contributed by atoms with Gasteiger partial charge in [0.2, 0.25) is 10.0 Å². The average Bonchev–Trinajstić information content (AvgIpc) is 2.76. The Kier molecular flexibility index (Phi) is 7.10. The molecule has 1 aromatic heterocycles. The number of sulfonamides is 1. The zero-order valence-electron chi connectivity index (χ0n) is 16.0. The number of benzene rings is 2. The number of amides is 1. The van der Waals surface area contributed by atoms with Gasteiger partial charge < -0.3 is 4.90 Å². The maximum Gasteiger partial charge on any atom is 0.254 e. The van der Waals surface area contributed by atoms with E-state index in [1.54, 1.807) is 35.4 Å². The van der Waals surface area contributed by atoms with Crippen molar-refractivity contribution in [3.63, 3.8) is 0 Å². The van der Waals surface area contributed by atoms with Crippen LogP contribution >= 0.6 is 23.2 Å². The molecular weight excluding hydrogens is 445 g/mol. The van der Waals surface area contributed by atoms with E-state index in [1.807, 2.05) is 12.1 Å². The van der Waals surface area contributed by atoms with Gasteiger partial charge in [-0.25, -0.2) is 13.1 Å². The fraction of sp³-hybridized carbons (Fsp3) is 0.143. The molecule has 0 unspecified atom stereocenters. The highest BCUT2D eigenvalue weighted by molar-refractivity contribution is 7.89. The number of pyridine rings is 1. The standard InChI is InChI=1S/C21H19Cl2N3O3S/c1-24-30(28,29)18-8-6-16(7-9-18)21(27)26(14-17-4-2-3-11-25-17)13-15-5-10-19(22)20(23)12-15/h2-12,24H,13-14H2,1H3. The van der Waals surface area contributed by atoms with Gasteiger partial charge in [0.25, 0.3) is 5.91 Å². The summed E-state index contributed by atoms with van der Waals surface area (Å²) in [5, 5.41) is 0.838. The number of rotatable bonds is 7. The van der Waals surface area contributed by atoms with E-state index in [0.29, 0.717) is 15.6 Å². The number of carbonyl (C=O) groups is 1. The topological polar surface area (TPSA) is 79.4 Å². The van der Waals surface area contributed by atoms with Crippen LogP contribution < -0.4 is 4.72 Å². The van der Waals surface area contributed by atoms with Crippen molar-refractivity contribution in [2.24, 2.45) is 0 Å². The molecule has 0 atom stereocenters. The lowest BCUT2D eigenvalue weighted by Gasteiger charge is -2.23. The molecule has 6 nitrogen and oxygen atoms in total. The number of nitrogens with zero attached hydrogens (tertiary/aromatic N) is 2. The van der Waals surface area contributed by atoms with Gasteiger partial charge in [0.05, 0.1) is 27.2 Å². The Morgan fingerprint density at radius 1 is 1.00 bits per heavy atom. The fourth-order valence-corrected chi connectivity index (χ4v) is 3.87. The van der Waals surface area contributed by atoms with Crippen molar-refractivity contribution in [1.29, 1.82) is 0 Å². The molecule has 0 radical (unpaired) electrons. The first-order valence-corrected chi connectivity index (χ1v) is 11.2. The highest BCUT2D eigenvalue weighted by atomic mass is 35.5. The van der Waals surface area contributed by atoms with E-state index in [1.165, 1.54) is 31.3 Å². The van der Waals surface area contributed by atoms with E-state index in [2.05, 4.69) is 9.71 Å². The summed E-state index contributed by atoms with van der Waals surface area (Å²) in [7, 11) is -2.25. The SMILES string of the molecule is CNS(=O)(=O)c1ccc(C(=O)N(Cc2ccc(Cl)c(Cl)c2)Cc2ccccn2)cc1. The van der Waals surface area contributed by atoms with Crippen molar-refractivity contribution >= 4 is 39.1 Å². The molecule has 3 aromatic rings. The molecule has 2 aromatic carbocycles. The van der Waals surface area contributed by atoms with E-state index in [9.17, 15) is 13.2 Å². The van der Waals surface area contributed by atoms with Crippen molar-refractivity contribution in [1.82, 2.24) is 14.6 Å². The maximum atomic E-state index is 13.2. The van der Waals surface area contributed by atoms with Gasteiger partial charge in [0.15, 0.2) is 0 Å². The van der Waals surface area contributed by atoms with Crippen LogP contribution in [0.25, 0.3) is 0 Å². The minimum absolute atomic E-state index is 0.0855. The van der Waals surface area contributed by atoms with Crippen LogP contribution in [0.3, 0.4) is 0 Å². The van der Waals surface area contributed by atoms with Gasteiger partial charge in [-0.1, -0.05) is 35.3 Å². The summed E-state index contributed by atoms with van der Waals surface area (Å²) in [4.78, 5) is 19.2. The van der Waals surface area contributed by atoms with Gasteiger partial charge in [0.1, 0.15) is 0 Å². The van der Waals surface area contributed by atoms with Gasteiger partial charge in [-0.05, 0) is 61.1 Å². The molecule has 156 valence electrons. The molecule has 3 rings (SSSR count). The van der Waals surface area contributed by atoms with Crippen molar-refractivity contribution in [3.05, 3.63) is 93.7 Å². The first-order valence-electron chi connectivity index (χ1n) is 8.97. The normalized spacial score (nSPS) is 11.3. The molecular formula is C21H19Cl2N3O3S. The second kappa shape index (κ2) is 9.57. The van der Waals surface area contributed by atoms with Gasteiger partial charge in [-0.2, -0.15) is 0 Å². The third-order valence-corrected chi connectivity index (χ3v) is 6.57. The molecule has 0 saturated carbocycles. The summed E-state index contributed by atoms with van der Waals surface area (Å²) < 4.78 is 26.1. The number of nitrogens with one attached hydrogen (secondary N) is 1. The maximum absolute atomic E-state index is 13.2. The van der Waals surface area contributed by atoms with Gasteiger partial charge in [-0.15, -0.1) is 0 Å². The monoisotopic (exact) mass is 463 g/mol. The molecule has 0 spiro atoms. The largest absolute Gasteiger partial charge is 0.328 e. The number of aromatic nitrogens is 1. The van der Waals surface area contributed by atoms with Crippen molar-refractivity contribution in [2.75, 3.05) is 7.05 Å². The number of halogens is 2. The third kappa shape index (κ3) is 5.37. The van der Waals surface area contributed by atoms with E-state index >= 15 is 0 Å². The van der Waals surface area contributed by atoms with E-state index in [0.717, 1.165) is 11.3 Å². The predicted molar refractivity (Wildman–Crippen MR) is 117 cm³/mol. The minimum atomic E-state index is -3.58. The highest BCUT2D eigenvalue weighted by Crippen LogP contribution is 2.24. The zero-order valence-corrected chi connectivity index (χ0v) is 18.4. The van der Waals surface area contributed by atoms with E-state index in [-0.39, 0.29) is 23.9 Å². The van der Waals surface area contributed by atoms with Crippen LogP contribution in [0.15, 0.2) is 71.8 Å². The van der Waals surface area contributed by atoms with Gasteiger partial charge >= 0.3 is 0 Å². The molecule has 9 heteroatoms. The summed E-state index contributed by atoms with van der Waals surface area (Å²) >= 11 is 12.1. The highest BCUT2D eigenvalue weighted by Gasteiger charge is 2.19. The Balaban J connectivity index is 1.90. The van der Waals surface area contributed by atoms with Crippen molar-refractivity contribution in [3.8, 4) is 0 Å². The Morgan fingerprint density at radius 3 is 2.33 bits per heavy atom. The van der Waals surface area contributed by atoms with Crippen LogP contribution in [0.5, 0.6) is 0 Å². The Morgan fingerprint density at radius 2 is 1.73 bits per heavy atom. The van der Waals surface area contributed by atoms with Gasteiger partial charge in [-0.3, -0.25) is 9.78 Å². The van der Waals surface area contributed by atoms with Crippen molar-refractivity contribution < 1.29 is 13.2 Å². The summed E-state index contributed by atoms with van der Waals surface area (Å²) in [6.07, 6.45) is 1.66. The zero-order chi connectivity index (χ0) is 21.7. The lowest BCUT2D eigenvalue weighted by Crippen LogP contribution is -2.30. The summed E-state index contributed by atoms with van der Waals surface area (Å²) in [5.41, 5.74) is 1.89.